The van der Waals surface area contributed by atoms with Gasteiger partial charge in [-0.15, -0.1) is 11.3 Å². The van der Waals surface area contributed by atoms with Gasteiger partial charge < -0.3 is 10.4 Å². The molecule has 1 atom stereocenters. The summed E-state index contributed by atoms with van der Waals surface area (Å²) in [5.74, 6) is -1.30. The first-order chi connectivity index (χ1) is 8.56. The smallest absolute Gasteiger partial charge is 0.310 e. The number of hydrogen-bond acceptors (Lipinski definition) is 4. The Labute approximate surface area is 109 Å². The normalized spacial score (nSPS) is 12.1. The third-order valence-corrected chi connectivity index (χ3v) is 3.53. The van der Waals surface area contributed by atoms with Crippen LogP contribution in [0.25, 0.3) is 0 Å². The van der Waals surface area contributed by atoms with Crippen LogP contribution in [0.5, 0.6) is 0 Å². The fourth-order valence-electron chi connectivity index (χ4n) is 1.53. The van der Waals surface area contributed by atoms with Crippen LogP contribution in [0.3, 0.4) is 0 Å². The maximum absolute atomic E-state index is 10.9. The van der Waals surface area contributed by atoms with Gasteiger partial charge in [-0.2, -0.15) is 0 Å². The number of thiazole rings is 1. The molecule has 0 aliphatic rings. The number of carbonyl (C=O) groups is 1. The van der Waals surface area contributed by atoms with E-state index >= 15 is 0 Å². The van der Waals surface area contributed by atoms with Crippen LogP contribution in [0, 0.1) is 6.92 Å². The third-order valence-electron chi connectivity index (χ3n) is 2.65. The van der Waals surface area contributed by atoms with E-state index in [0.29, 0.717) is 0 Å². The molecule has 0 saturated carbocycles. The summed E-state index contributed by atoms with van der Waals surface area (Å²) in [7, 11) is 0. The predicted molar refractivity (Wildman–Crippen MR) is 72.6 cm³/mol. The minimum atomic E-state index is -0.814. The molecule has 94 valence electrons. The molecule has 1 aromatic carbocycles. The molecule has 2 rings (SSSR count). The Balaban J connectivity index is 2.10. The molecular weight excluding hydrogens is 248 g/mol. The van der Waals surface area contributed by atoms with Crippen LogP contribution >= 0.6 is 11.3 Å². The summed E-state index contributed by atoms with van der Waals surface area (Å²) in [6.45, 7) is 3.62. The van der Waals surface area contributed by atoms with Gasteiger partial charge in [0.15, 0.2) is 5.13 Å². The van der Waals surface area contributed by atoms with Gasteiger partial charge in [0.25, 0.3) is 0 Å². The molecule has 2 N–H and O–H groups in total. The van der Waals surface area contributed by atoms with Gasteiger partial charge in [-0.05, 0) is 31.5 Å². The molecule has 2 aromatic rings. The quantitative estimate of drug-likeness (QED) is 0.886. The number of anilines is 2. The van der Waals surface area contributed by atoms with Crippen molar-refractivity contribution in [3.05, 3.63) is 40.9 Å². The lowest BCUT2D eigenvalue weighted by atomic mass is 10.0. The lowest BCUT2D eigenvalue weighted by molar-refractivity contribution is -0.138. The Morgan fingerprint density at radius 1 is 1.39 bits per heavy atom. The number of benzene rings is 1. The Bertz CT molecular complexity index is 548. The van der Waals surface area contributed by atoms with E-state index in [4.69, 9.17) is 5.11 Å². The number of carboxylic acids is 1. The van der Waals surface area contributed by atoms with E-state index in [1.54, 1.807) is 18.3 Å². The summed E-state index contributed by atoms with van der Waals surface area (Å²) in [6.07, 6.45) is 0. The molecule has 0 bridgehead atoms. The Morgan fingerprint density at radius 3 is 2.56 bits per heavy atom. The lowest BCUT2D eigenvalue weighted by Gasteiger charge is -2.08. The van der Waals surface area contributed by atoms with Crippen LogP contribution < -0.4 is 5.32 Å². The number of rotatable bonds is 4. The summed E-state index contributed by atoms with van der Waals surface area (Å²) >= 11 is 1.54. The molecule has 0 radical (unpaired) electrons. The van der Waals surface area contributed by atoms with Crippen molar-refractivity contribution in [2.24, 2.45) is 0 Å². The van der Waals surface area contributed by atoms with Crippen LogP contribution in [-0.4, -0.2) is 16.1 Å². The second kappa shape index (κ2) is 5.18. The first-order valence-corrected chi connectivity index (χ1v) is 6.46. The van der Waals surface area contributed by atoms with Crippen molar-refractivity contribution < 1.29 is 9.90 Å². The lowest BCUT2D eigenvalue weighted by Crippen LogP contribution is -2.07. The van der Waals surface area contributed by atoms with Crippen LogP contribution in [0.15, 0.2) is 29.6 Å². The van der Waals surface area contributed by atoms with Crippen molar-refractivity contribution in [2.75, 3.05) is 5.32 Å². The van der Waals surface area contributed by atoms with E-state index in [1.807, 2.05) is 36.6 Å². The standard InChI is InChI=1S/C13H14N2O2S/c1-8-7-18-13(14-8)15-11-5-3-10(4-6-11)9(2)12(16)17/h3-7,9H,1-2H3,(H,14,15)(H,16,17)/t9-/m0/s1. The van der Waals surface area contributed by atoms with E-state index in [9.17, 15) is 4.79 Å². The van der Waals surface area contributed by atoms with Crippen LogP contribution in [0.2, 0.25) is 0 Å². The fraction of sp³-hybridized carbons (Fsp3) is 0.231. The number of aliphatic carboxylic acids is 1. The second-order valence-corrected chi connectivity index (χ2v) is 4.96. The fourth-order valence-corrected chi connectivity index (χ4v) is 2.24. The van der Waals surface area contributed by atoms with Gasteiger partial charge in [-0.25, -0.2) is 4.98 Å². The second-order valence-electron chi connectivity index (χ2n) is 4.10. The van der Waals surface area contributed by atoms with Gasteiger partial charge in [0.05, 0.1) is 11.6 Å². The van der Waals surface area contributed by atoms with Gasteiger partial charge in [0.2, 0.25) is 0 Å². The van der Waals surface area contributed by atoms with Gasteiger partial charge in [-0.1, -0.05) is 12.1 Å². The van der Waals surface area contributed by atoms with Gasteiger partial charge in [0, 0.05) is 11.1 Å². The van der Waals surface area contributed by atoms with Crippen molar-refractivity contribution in [3.63, 3.8) is 0 Å². The Morgan fingerprint density at radius 2 is 2.06 bits per heavy atom. The first kappa shape index (κ1) is 12.6. The highest BCUT2D eigenvalue weighted by molar-refractivity contribution is 7.13. The molecule has 1 aromatic heterocycles. The van der Waals surface area contributed by atoms with Gasteiger partial charge in [0.1, 0.15) is 0 Å². The zero-order valence-corrected chi connectivity index (χ0v) is 11.0. The van der Waals surface area contributed by atoms with Crippen LogP contribution in [0.4, 0.5) is 10.8 Å². The maximum Gasteiger partial charge on any atom is 0.310 e. The number of nitrogens with zero attached hydrogens (tertiary/aromatic N) is 1. The number of aryl methyl sites for hydroxylation is 1. The topological polar surface area (TPSA) is 62.2 Å². The van der Waals surface area contributed by atoms with E-state index < -0.39 is 11.9 Å². The van der Waals surface area contributed by atoms with Crippen LogP contribution in [0.1, 0.15) is 24.1 Å². The molecule has 0 unspecified atom stereocenters. The molecular formula is C13H14N2O2S. The maximum atomic E-state index is 10.9. The van der Waals surface area contributed by atoms with Crippen molar-refractivity contribution >= 4 is 28.1 Å². The SMILES string of the molecule is Cc1csc(Nc2ccc([C@H](C)C(=O)O)cc2)n1. The highest BCUT2D eigenvalue weighted by atomic mass is 32.1. The molecule has 0 aliphatic heterocycles. The van der Waals surface area contributed by atoms with Crippen molar-refractivity contribution in [2.45, 2.75) is 19.8 Å². The summed E-state index contributed by atoms with van der Waals surface area (Å²) in [4.78, 5) is 15.2. The monoisotopic (exact) mass is 262 g/mol. The average molecular weight is 262 g/mol. The number of nitrogens with one attached hydrogen (secondary N) is 1. The average Bonchev–Trinajstić information content (AvgIpc) is 2.75. The predicted octanol–water partition coefficient (Wildman–Crippen LogP) is 3.38. The Hall–Kier alpha value is -1.88. The first-order valence-electron chi connectivity index (χ1n) is 5.58. The molecule has 0 amide bonds. The number of aromatic nitrogens is 1. The molecule has 5 heteroatoms. The Kier molecular flexibility index (Phi) is 3.62. The van der Waals surface area contributed by atoms with Gasteiger partial charge >= 0.3 is 5.97 Å². The minimum absolute atomic E-state index is 0.485. The van der Waals surface area contributed by atoms with E-state index in [-0.39, 0.29) is 0 Å². The summed E-state index contributed by atoms with van der Waals surface area (Å²) < 4.78 is 0. The van der Waals surface area contributed by atoms with Crippen LogP contribution in [-0.2, 0) is 4.79 Å². The summed E-state index contributed by atoms with van der Waals surface area (Å²) in [5.41, 5.74) is 2.69. The zero-order valence-electron chi connectivity index (χ0n) is 10.2. The molecule has 0 spiro atoms. The number of carboxylic acid groups (broad SMARTS) is 1. The van der Waals surface area contributed by atoms with Gasteiger partial charge in [-0.3, -0.25) is 4.79 Å². The molecule has 1 heterocycles. The highest BCUT2D eigenvalue weighted by Crippen LogP contribution is 2.23. The van der Waals surface area contributed by atoms with Crippen molar-refractivity contribution in [1.29, 1.82) is 0 Å². The summed E-state index contributed by atoms with van der Waals surface area (Å²) in [5, 5.41) is 14.9. The molecule has 0 aliphatic carbocycles. The molecule has 0 fully saturated rings. The largest absolute Gasteiger partial charge is 0.481 e. The molecule has 18 heavy (non-hydrogen) atoms. The third kappa shape index (κ3) is 2.87. The van der Waals surface area contributed by atoms with E-state index in [1.165, 1.54) is 0 Å². The highest BCUT2D eigenvalue weighted by Gasteiger charge is 2.12. The minimum Gasteiger partial charge on any atom is -0.481 e. The van der Waals surface area contributed by atoms with E-state index in [2.05, 4.69) is 10.3 Å². The molecule has 0 saturated heterocycles. The summed E-state index contributed by atoms with van der Waals surface area (Å²) in [6, 6.07) is 7.38. The number of hydrogen-bond donors (Lipinski definition) is 2. The van der Waals surface area contributed by atoms with Crippen molar-refractivity contribution in [3.8, 4) is 0 Å². The zero-order chi connectivity index (χ0) is 13.1. The molecule has 4 nitrogen and oxygen atoms in total. The van der Waals surface area contributed by atoms with Crippen molar-refractivity contribution in [1.82, 2.24) is 4.98 Å². The van der Waals surface area contributed by atoms with E-state index in [0.717, 1.165) is 22.1 Å².